The van der Waals surface area contributed by atoms with E-state index in [0.29, 0.717) is 0 Å². The number of nitrogens with one attached hydrogen (secondary N) is 1. The van der Waals surface area contributed by atoms with E-state index in [2.05, 4.69) is 18.2 Å². The lowest BCUT2D eigenvalue weighted by molar-refractivity contribution is 0.0556. The molecule has 1 aromatic carbocycles. The van der Waals surface area contributed by atoms with Crippen LogP contribution in [0.3, 0.4) is 0 Å². The maximum absolute atomic E-state index is 6.05. The molecular formula is C14H17NO. The molecule has 0 radical (unpaired) electrons. The second kappa shape index (κ2) is 4.59. The second-order valence-corrected chi connectivity index (χ2v) is 4.47. The smallest absolute Gasteiger partial charge is 0.121 e. The lowest BCUT2D eigenvalue weighted by Gasteiger charge is -2.34. The molecule has 2 heteroatoms. The van der Waals surface area contributed by atoms with Crippen molar-refractivity contribution < 1.29 is 4.74 Å². The van der Waals surface area contributed by atoms with Gasteiger partial charge in [-0.05, 0) is 51.1 Å². The molecular weight excluding hydrogens is 198 g/mol. The van der Waals surface area contributed by atoms with Gasteiger partial charge < -0.3 is 10.1 Å². The molecule has 0 saturated carbocycles. The van der Waals surface area contributed by atoms with Gasteiger partial charge in [-0.1, -0.05) is 12.0 Å². The van der Waals surface area contributed by atoms with Crippen LogP contribution < -0.4 is 10.1 Å². The summed E-state index contributed by atoms with van der Waals surface area (Å²) in [6.07, 6.45) is 7.44. The summed E-state index contributed by atoms with van der Waals surface area (Å²) in [6, 6.07) is 7.74. The molecule has 0 aliphatic carbocycles. The van der Waals surface area contributed by atoms with Crippen molar-refractivity contribution in [2.24, 2.45) is 0 Å². The fraction of sp³-hybridized carbons (Fsp3) is 0.429. The van der Waals surface area contributed by atoms with E-state index in [-0.39, 0.29) is 5.60 Å². The molecule has 0 unspecified atom stereocenters. The van der Waals surface area contributed by atoms with Crippen molar-refractivity contribution in [1.82, 2.24) is 5.32 Å². The van der Waals surface area contributed by atoms with E-state index in [1.807, 2.05) is 24.3 Å². The van der Waals surface area contributed by atoms with Crippen molar-refractivity contribution in [2.75, 3.05) is 13.1 Å². The van der Waals surface area contributed by atoms with E-state index >= 15 is 0 Å². The molecule has 0 atom stereocenters. The Morgan fingerprint density at radius 2 is 2.12 bits per heavy atom. The predicted molar refractivity (Wildman–Crippen MR) is 65.5 cm³/mol. The zero-order valence-corrected chi connectivity index (χ0v) is 9.62. The number of piperidine rings is 1. The summed E-state index contributed by atoms with van der Waals surface area (Å²) in [5.41, 5.74) is 0.813. The lowest BCUT2D eigenvalue weighted by atomic mass is 9.94. The minimum Gasteiger partial charge on any atom is -0.487 e. The van der Waals surface area contributed by atoms with Crippen molar-refractivity contribution in [3.63, 3.8) is 0 Å². The predicted octanol–water partition coefficient (Wildman–Crippen LogP) is 2.19. The highest BCUT2D eigenvalue weighted by Gasteiger charge is 2.28. The highest BCUT2D eigenvalue weighted by atomic mass is 16.5. The van der Waals surface area contributed by atoms with Crippen LogP contribution in [0.15, 0.2) is 24.3 Å². The van der Waals surface area contributed by atoms with E-state index in [1.54, 1.807) is 0 Å². The van der Waals surface area contributed by atoms with Crippen molar-refractivity contribution >= 4 is 0 Å². The molecule has 1 saturated heterocycles. The molecule has 0 bridgehead atoms. The van der Waals surface area contributed by atoms with E-state index < -0.39 is 0 Å². The minimum absolute atomic E-state index is 0.0571. The van der Waals surface area contributed by atoms with Crippen molar-refractivity contribution in [3.05, 3.63) is 29.8 Å². The third-order valence-corrected chi connectivity index (χ3v) is 3.03. The Labute approximate surface area is 97.0 Å². The largest absolute Gasteiger partial charge is 0.487 e. The van der Waals surface area contributed by atoms with E-state index in [0.717, 1.165) is 37.2 Å². The number of ether oxygens (including phenoxy) is 1. The fourth-order valence-corrected chi connectivity index (χ4v) is 1.99. The first-order valence-corrected chi connectivity index (χ1v) is 5.68. The Morgan fingerprint density at radius 1 is 1.38 bits per heavy atom. The number of rotatable bonds is 2. The summed E-state index contributed by atoms with van der Waals surface area (Å²) in [4.78, 5) is 0. The first-order chi connectivity index (χ1) is 7.72. The van der Waals surface area contributed by atoms with Crippen LogP contribution in [0.5, 0.6) is 5.75 Å². The second-order valence-electron chi connectivity index (χ2n) is 4.47. The standard InChI is InChI=1S/C14H17NO/c1-3-12-5-4-6-13(11-12)16-14(2)7-9-15-10-8-14/h1,4-6,11,15H,7-10H2,2H3. The average Bonchev–Trinajstić information content (AvgIpc) is 2.29. The van der Waals surface area contributed by atoms with Crippen LogP contribution >= 0.6 is 0 Å². The van der Waals surface area contributed by atoms with Crippen LogP contribution in [0.2, 0.25) is 0 Å². The number of terminal acetylenes is 1. The third kappa shape index (κ3) is 2.56. The van der Waals surface area contributed by atoms with Gasteiger partial charge in [-0.3, -0.25) is 0 Å². The normalized spacial score (nSPS) is 18.8. The first kappa shape index (κ1) is 11.0. The Bertz CT molecular complexity index is 399. The van der Waals surface area contributed by atoms with Gasteiger partial charge in [0.1, 0.15) is 11.4 Å². The van der Waals surface area contributed by atoms with Gasteiger partial charge in [0.15, 0.2) is 0 Å². The minimum atomic E-state index is -0.0571. The highest BCUT2D eigenvalue weighted by molar-refractivity contribution is 5.38. The Balaban J connectivity index is 2.10. The zero-order valence-electron chi connectivity index (χ0n) is 9.62. The molecule has 1 N–H and O–H groups in total. The summed E-state index contributed by atoms with van der Waals surface area (Å²) in [6.45, 7) is 4.20. The number of hydrogen-bond acceptors (Lipinski definition) is 2. The van der Waals surface area contributed by atoms with Crippen LogP contribution in [0, 0.1) is 12.3 Å². The summed E-state index contributed by atoms with van der Waals surface area (Å²) < 4.78 is 6.05. The molecule has 1 heterocycles. The molecule has 2 nitrogen and oxygen atoms in total. The van der Waals surface area contributed by atoms with Gasteiger partial charge in [0.2, 0.25) is 0 Å². The average molecular weight is 215 g/mol. The molecule has 84 valence electrons. The summed E-state index contributed by atoms with van der Waals surface area (Å²) >= 11 is 0. The van der Waals surface area contributed by atoms with Crippen LogP contribution in [-0.4, -0.2) is 18.7 Å². The summed E-state index contributed by atoms with van der Waals surface area (Å²) in [7, 11) is 0. The first-order valence-electron chi connectivity index (χ1n) is 5.68. The highest BCUT2D eigenvalue weighted by Crippen LogP contribution is 2.26. The Kier molecular flexibility index (Phi) is 3.17. The van der Waals surface area contributed by atoms with Gasteiger partial charge in [-0.25, -0.2) is 0 Å². The van der Waals surface area contributed by atoms with Crippen LogP contribution in [0.1, 0.15) is 25.3 Å². The van der Waals surface area contributed by atoms with Gasteiger partial charge in [0, 0.05) is 5.56 Å². The van der Waals surface area contributed by atoms with Gasteiger partial charge >= 0.3 is 0 Å². The number of benzene rings is 1. The molecule has 16 heavy (non-hydrogen) atoms. The van der Waals surface area contributed by atoms with E-state index in [4.69, 9.17) is 11.2 Å². The fourth-order valence-electron chi connectivity index (χ4n) is 1.99. The van der Waals surface area contributed by atoms with Crippen molar-refractivity contribution in [3.8, 4) is 18.1 Å². The number of hydrogen-bond donors (Lipinski definition) is 1. The quantitative estimate of drug-likeness (QED) is 0.764. The van der Waals surface area contributed by atoms with Gasteiger partial charge in [0.25, 0.3) is 0 Å². The third-order valence-electron chi connectivity index (χ3n) is 3.03. The Morgan fingerprint density at radius 3 is 2.81 bits per heavy atom. The Hall–Kier alpha value is -1.46. The van der Waals surface area contributed by atoms with Crippen molar-refractivity contribution in [1.29, 1.82) is 0 Å². The molecule has 1 fully saturated rings. The van der Waals surface area contributed by atoms with E-state index in [1.165, 1.54) is 0 Å². The maximum atomic E-state index is 6.05. The molecule has 2 rings (SSSR count). The van der Waals surface area contributed by atoms with Crippen molar-refractivity contribution in [2.45, 2.75) is 25.4 Å². The molecule has 0 aromatic heterocycles. The van der Waals surface area contributed by atoms with Gasteiger partial charge in [-0.15, -0.1) is 6.42 Å². The maximum Gasteiger partial charge on any atom is 0.121 e. The lowest BCUT2D eigenvalue weighted by Crippen LogP contribution is -2.43. The van der Waals surface area contributed by atoms with Gasteiger partial charge in [0.05, 0.1) is 0 Å². The van der Waals surface area contributed by atoms with E-state index in [9.17, 15) is 0 Å². The van der Waals surface area contributed by atoms with Crippen LogP contribution in [0.4, 0.5) is 0 Å². The van der Waals surface area contributed by atoms with Gasteiger partial charge in [-0.2, -0.15) is 0 Å². The molecule has 0 amide bonds. The SMILES string of the molecule is C#Cc1cccc(OC2(C)CCNCC2)c1. The molecule has 1 aliphatic rings. The van der Waals surface area contributed by atoms with Crippen LogP contribution in [-0.2, 0) is 0 Å². The summed E-state index contributed by atoms with van der Waals surface area (Å²) in [5.74, 6) is 3.50. The van der Waals surface area contributed by atoms with Crippen LogP contribution in [0.25, 0.3) is 0 Å². The monoisotopic (exact) mass is 215 g/mol. The summed E-state index contributed by atoms with van der Waals surface area (Å²) in [5, 5.41) is 3.34. The molecule has 1 aliphatic heterocycles. The zero-order chi connectivity index (χ0) is 11.4. The molecule has 0 spiro atoms. The topological polar surface area (TPSA) is 21.3 Å². The molecule has 1 aromatic rings.